The van der Waals surface area contributed by atoms with Gasteiger partial charge in [-0.3, -0.25) is 9.69 Å². The fourth-order valence-corrected chi connectivity index (χ4v) is 5.04. The molecule has 3 aliphatic rings. The van der Waals surface area contributed by atoms with E-state index in [2.05, 4.69) is 16.1 Å². The second kappa shape index (κ2) is 7.54. The molecule has 0 radical (unpaired) electrons. The lowest BCUT2D eigenvalue weighted by atomic mass is 9.89. The molecule has 6 nitrogen and oxygen atoms in total. The number of fused-ring (bicyclic) bond motifs is 1. The summed E-state index contributed by atoms with van der Waals surface area (Å²) in [5.41, 5.74) is 1.84. The third-order valence-corrected chi connectivity index (χ3v) is 6.46. The first kappa shape index (κ1) is 18.8. The van der Waals surface area contributed by atoms with Crippen molar-refractivity contribution in [3.05, 3.63) is 53.2 Å². The maximum absolute atomic E-state index is 13.9. The fourth-order valence-electron chi connectivity index (χ4n) is 5.04. The van der Waals surface area contributed by atoms with Crippen LogP contribution in [0.4, 0.5) is 4.39 Å². The smallest absolute Gasteiger partial charge is 0.249 e. The van der Waals surface area contributed by atoms with E-state index in [0.717, 1.165) is 36.7 Å². The van der Waals surface area contributed by atoms with Crippen LogP contribution in [0.15, 0.2) is 34.9 Å². The molecule has 0 spiro atoms. The molecule has 0 bridgehead atoms. The summed E-state index contributed by atoms with van der Waals surface area (Å²) in [4.78, 5) is 16.9. The van der Waals surface area contributed by atoms with Crippen LogP contribution in [0, 0.1) is 17.7 Å². The number of carbonyl (C=O) groups is 1. The highest BCUT2D eigenvalue weighted by Crippen LogP contribution is 2.45. The molecule has 2 aromatic rings. The first-order valence-electron chi connectivity index (χ1n) is 10.3. The van der Waals surface area contributed by atoms with Crippen molar-refractivity contribution < 1.29 is 18.4 Å². The SMILES string of the molecule is COCC(=O)N1C[C@H]2CN(Cc3cc(C4CC4)on3)C[C@H]2[C@@H]1c1cccc(F)c1. The molecule has 2 saturated heterocycles. The maximum Gasteiger partial charge on any atom is 0.249 e. The Hall–Kier alpha value is -2.25. The molecule has 3 fully saturated rings. The van der Waals surface area contributed by atoms with E-state index in [0.29, 0.717) is 18.4 Å². The number of methoxy groups -OCH3 is 1. The number of halogens is 1. The van der Waals surface area contributed by atoms with Gasteiger partial charge in [0.1, 0.15) is 18.2 Å². The molecule has 1 aromatic carbocycles. The zero-order chi connectivity index (χ0) is 20.0. The van der Waals surface area contributed by atoms with Gasteiger partial charge in [-0.2, -0.15) is 0 Å². The summed E-state index contributed by atoms with van der Waals surface area (Å²) in [7, 11) is 1.53. The minimum absolute atomic E-state index is 0.0340. The predicted molar refractivity (Wildman–Crippen MR) is 103 cm³/mol. The summed E-state index contributed by atoms with van der Waals surface area (Å²) < 4.78 is 24.5. The van der Waals surface area contributed by atoms with Crippen molar-refractivity contribution in [1.29, 1.82) is 0 Å². The van der Waals surface area contributed by atoms with Crippen LogP contribution in [-0.2, 0) is 16.1 Å². The summed E-state index contributed by atoms with van der Waals surface area (Å²) in [6, 6.07) is 8.61. The van der Waals surface area contributed by atoms with Gasteiger partial charge >= 0.3 is 0 Å². The zero-order valence-corrected chi connectivity index (χ0v) is 16.6. The molecule has 154 valence electrons. The standard InChI is InChI=1S/C22H26FN3O3/c1-28-13-21(27)26-10-16-9-25(11-18-8-20(29-24-18)14-5-6-14)12-19(16)22(26)15-3-2-4-17(23)7-15/h2-4,7-8,14,16,19,22H,5-6,9-13H2,1H3/t16-,19-,22+/m1/s1. The Balaban J connectivity index is 1.34. The minimum atomic E-state index is -0.268. The Morgan fingerprint density at radius 3 is 2.90 bits per heavy atom. The van der Waals surface area contributed by atoms with E-state index in [1.807, 2.05) is 11.0 Å². The van der Waals surface area contributed by atoms with Gasteiger partial charge in [-0.25, -0.2) is 4.39 Å². The second-order valence-electron chi connectivity index (χ2n) is 8.59. The highest BCUT2D eigenvalue weighted by molar-refractivity contribution is 5.78. The van der Waals surface area contributed by atoms with Gasteiger partial charge in [-0.05, 0) is 36.5 Å². The number of rotatable bonds is 6. The number of hydrogen-bond donors (Lipinski definition) is 0. The molecule has 1 aromatic heterocycles. The van der Waals surface area contributed by atoms with Gasteiger partial charge in [0.05, 0.1) is 11.7 Å². The number of hydrogen-bond acceptors (Lipinski definition) is 5. The van der Waals surface area contributed by atoms with Crippen molar-refractivity contribution in [2.75, 3.05) is 33.4 Å². The number of carbonyl (C=O) groups excluding carboxylic acids is 1. The van der Waals surface area contributed by atoms with Crippen LogP contribution < -0.4 is 0 Å². The van der Waals surface area contributed by atoms with Gasteiger partial charge in [0.25, 0.3) is 0 Å². The molecule has 29 heavy (non-hydrogen) atoms. The molecule has 1 saturated carbocycles. The molecule has 1 amide bonds. The summed E-state index contributed by atoms with van der Waals surface area (Å²) >= 11 is 0. The quantitative estimate of drug-likeness (QED) is 0.748. The van der Waals surface area contributed by atoms with E-state index in [9.17, 15) is 9.18 Å². The molecule has 0 unspecified atom stereocenters. The van der Waals surface area contributed by atoms with Crippen LogP contribution in [-0.4, -0.2) is 54.2 Å². The van der Waals surface area contributed by atoms with Crippen molar-refractivity contribution in [3.63, 3.8) is 0 Å². The van der Waals surface area contributed by atoms with Crippen molar-refractivity contribution in [3.8, 4) is 0 Å². The summed E-state index contributed by atoms with van der Waals surface area (Å²) in [5, 5.41) is 4.24. The van der Waals surface area contributed by atoms with Crippen LogP contribution in [0.5, 0.6) is 0 Å². The maximum atomic E-state index is 13.9. The number of benzene rings is 1. The first-order chi connectivity index (χ1) is 14.1. The second-order valence-corrected chi connectivity index (χ2v) is 8.59. The molecule has 0 N–H and O–H groups in total. The Labute approximate surface area is 169 Å². The topological polar surface area (TPSA) is 58.8 Å². The Morgan fingerprint density at radius 2 is 2.14 bits per heavy atom. The van der Waals surface area contributed by atoms with E-state index < -0.39 is 0 Å². The van der Waals surface area contributed by atoms with E-state index in [4.69, 9.17) is 9.26 Å². The first-order valence-corrected chi connectivity index (χ1v) is 10.3. The van der Waals surface area contributed by atoms with Crippen molar-refractivity contribution >= 4 is 5.91 Å². The van der Waals surface area contributed by atoms with Gasteiger partial charge < -0.3 is 14.2 Å². The normalized spacial score (nSPS) is 26.8. The van der Waals surface area contributed by atoms with Crippen LogP contribution >= 0.6 is 0 Å². The van der Waals surface area contributed by atoms with Crippen LogP contribution in [0.1, 0.15) is 41.8 Å². The van der Waals surface area contributed by atoms with Gasteiger partial charge in [0, 0.05) is 51.2 Å². The number of likely N-dealkylation sites (tertiary alicyclic amines) is 2. The lowest BCUT2D eigenvalue weighted by Crippen LogP contribution is -2.37. The van der Waals surface area contributed by atoms with Gasteiger partial charge in [0.2, 0.25) is 5.91 Å². The lowest BCUT2D eigenvalue weighted by Gasteiger charge is -2.29. The molecule has 7 heteroatoms. The summed E-state index contributed by atoms with van der Waals surface area (Å²) in [5.74, 6) is 1.90. The zero-order valence-electron chi connectivity index (χ0n) is 16.6. The number of nitrogens with zero attached hydrogens (tertiary/aromatic N) is 3. The Morgan fingerprint density at radius 1 is 1.28 bits per heavy atom. The van der Waals surface area contributed by atoms with Crippen molar-refractivity contribution in [2.24, 2.45) is 11.8 Å². The predicted octanol–water partition coefficient (Wildman–Crippen LogP) is 2.97. The summed E-state index contributed by atoms with van der Waals surface area (Å²) in [6.07, 6.45) is 2.40. The molecule has 2 aliphatic heterocycles. The van der Waals surface area contributed by atoms with Gasteiger partial charge in [0.15, 0.2) is 0 Å². The van der Waals surface area contributed by atoms with E-state index in [1.54, 1.807) is 12.1 Å². The van der Waals surface area contributed by atoms with Crippen molar-refractivity contribution in [1.82, 2.24) is 15.0 Å². The Bertz CT molecular complexity index is 897. The molecular weight excluding hydrogens is 373 g/mol. The number of aromatic nitrogens is 1. The molecule has 5 rings (SSSR count). The van der Waals surface area contributed by atoms with Crippen LogP contribution in [0.25, 0.3) is 0 Å². The van der Waals surface area contributed by atoms with Gasteiger partial charge in [-0.1, -0.05) is 17.3 Å². The van der Waals surface area contributed by atoms with Crippen LogP contribution in [0.2, 0.25) is 0 Å². The van der Waals surface area contributed by atoms with E-state index in [-0.39, 0.29) is 30.3 Å². The minimum Gasteiger partial charge on any atom is -0.375 e. The Kier molecular flexibility index (Phi) is 4.87. The highest BCUT2D eigenvalue weighted by Gasteiger charge is 2.49. The largest absolute Gasteiger partial charge is 0.375 e. The fraction of sp³-hybridized carbons (Fsp3) is 0.545. The average molecular weight is 399 g/mol. The third-order valence-electron chi connectivity index (χ3n) is 6.46. The third kappa shape index (κ3) is 3.69. The average Bonchev–Trinajstić information content (AvgIpc) is 3.15. The highest BCUT2D eigenvalue weighted by atomic mass is 19.1. The molecular formula is C22H26FN3O3. The van der Waals surface area contributed by atoms with Crippen molar-refractivity contribution in [2.45, 2.75) is 31.3 Å². The number of ether oxygens (including phenoxy) is 1. The molecule has 3 heterocycles. The molecule has 3 atom stereocenters. The van der Waals surface area contributed by atoms with Gasteiger partial charge in [-0.15, -0.1) is 0 Å². The van der Waals surface area contributed by atoms with E-state index in [1.165, 1.54) is 26.0 Å². The molecule has 1 aliphatic carbocycles. The van der Waals surface area contributed by atoms with E-state index >= 15 is 0 Å². The number of amides is 1. The van der Waals surface area contributed by atoms with Crippen LogP contribution in [0.3, 0.4) is 0 Å². The summed E-state index contributed by atoms with van der Waals surface area (Å²) in [6.45, 7) is 3.24. The monoisotopic (exact) mass is 399 g/mol. The lowest BCUT2D eigenvalue weighted by molar-refractivity contribution is -0.136.